The predicted molar refractivity (Wildman–Crippen MR) is 99.3 cm³/mol. The number of Topliss-reactive ketones (excluding diaryl/α,β-unsaturated/α-hetero) is 1. The van der Waals surface area contributed by atoms with Gasteiger partial charge in [-0.25, -0.2) is 15.0 Å². The first kappa shape index (κ1) is 16.7. The maximum atomic E-state index is 12.2. The summed E-state index contributed by atoms with van der Waals surface area (Å²) in [5.41, 5.74) is 3.08. The fourth-order valence-corrected chi connectivity index (χ4v) is 3.67. The van der Waals surface area contributed by atoms with Crippen LogP contribution in [-0.4, -0.2) is 37.4 Å². The molecule has 0 saturated carbocycles. The Balaban J connectivity index is 1.40. The van der Waals surface area contributed by atoms with Crippen molar-refractivity contribution in [1.82, 2.24) is 19.9 Å². The summed E-state index contributed by atoms with van der Waals surface area (Å²) in [5.74, 6) is 0.538. The van der Waals surface area contributed by atoms with Crippen molar-refractivity contribution in [2.24, 2.45) is 5.92 Å². The molecule has 0 unspecified atom stereocenters. The predicted octanol–water partition coefficient (Wildman–Crippen LogP) is 2.85. The molecular formula is C18H17N5O2S. The van der Waals surface area contributed by atoms with E-state index in [0.29, 0.717) is 22.8 Å². The molecule has 0 aliphatic heterocycles. The SMILES string of the molecule is C[C@@H]1CC(=O)c2cnc(NC(=O)CSc3nc4ccccc4[nH]3)nc2C1. The maximum absolute atomic E-state index is 12.2. The largest absolute Gasteiger partial charge is 0.333 e. The minimum Gasteiger partial charge on any atom is -0.333 e. The number of hydrogen-bond donors (Lipinski definition) is 2. The van der Waals surface area contributed by atoms with Crippen molar-refractivity contribution < 1.29 is 9.59 Å². The third kappa shape index (κ3) is 3.45. The second-order valence-corrected chi connectivity index (χ2v) is 7.35. The van der Waals surface area contributed by atoms with Crippen molar-refractivity contribution in [2.75, 3.05) is 11.1 Å². The number of anilines is 1. The minimum absolute atomic E-state index is 0.0667. The van der Waals surface area contributed by atoms with Crippen LogP contribution in [0.4, 0.5) is 5.95 Å². The van der Waals surface area contributed by atoms with Gasteiger partial charge in [0.1, 0.15) is 0 Å². The maximum Gasteiger partial charge on any atom is 0.237 e. The molecule has 7 nitrogen and oxygen atoms in total. The van der Waals surface area contributed by atoms with Gasteiger partial charge in [-0.05, 0) is 24.5 Å². The molecule has 2 aromatic heterocycles. The fraction of sp³-hybridized carbons (Fsp3) is 0.278. The quantitative estimate of drug-likeness (QED) is 0.688. The van der Waals surface area contributed by atoms with Gasteiger partial charge in [0, 0.05) is 12.6 Å². The number of hydrogen-bond acceptors (Lipinski definition) is 6. The fourth-order valence-electron chi connectivity index (χ4n) is 2.99. The summed E-state index contributed by atoms with van der Waals surface area (Å²) in [4.78, 5) is 40.2. The van der Waals surface area contributed by atoms with Crippen LogP contribution in [0.15, 0.2) is 35.6 Å². The Hall–Kier alpha value is -2.74. The highest BCUT2D eigenvalue weighted by Crippen LogP contribution is 2.24. The van der Waals surface area contributed by atoms with Crippen molar-refractivity contribution in [2.45, 2.75) is 24.9 Å². The molecule has 8 heteroatoms. The third-order valence-corrected chi connectivity index (χ3v) is 5.08. The van der Waals surface area contributed by atoms with Crippen LogP contribution in [0.2, 0.25) is 0 Å². The Morgan fingerprint density at radius 3 is 3.00 bits per heavy atom. The van der Waals surface area contributed by atoms with E-state index in [1.165, 1.54) is 18.0 Å². The zero-order valence-corrected chi connectivity index (χ0v) is 15.0. The van der Waals surface area contributed by atoms with Gasteiger partial charge in [-0.2, -0.15) is 0 Å². The van der Waals surface area contributed by atoms with Crippen LogP contribution < -0.4 is 5.32 Å². The van der Waals surface area contributed by atoms with Gasteiger partial charge in [-0.3, -0.25) is 14.9 Å². The number of carbonyl (C=O) groups is 2. The lowest BCUT2D eigenvalue weighted by Crippen LogP contribution is -2.22. The van der Waals surface area contributed by atoms with Gasteiger partial charge in [0.25, 0.3) is 0 Å². The van der Waals surface area contributed by atoms with Crippen LogP contribution in [0.5, 0.6) is 0 Å². The summed E-state index contributed by atoms with van der Waals surface area (Å²) < 4.78 is 0. The summed E-state index contributed by atoms with van der Waals surface area (Å²) in [6.07, 6.45) is 2.76. The molecule has 3 aromatic rings. The van der Waals surface area contributed by atoms with Crippen molar-refractivity contribution in [3.8, 4) is 0 Å². The summed E-state index contributed by atoms with van der Waals surface area (Å²) in [7, 11) is 0. The van der Waals surface area contributed by atoms with Crippen molar-refractivity contribution in [3.63, 3.8) is 0 Å². The number of aromatic nitrogens is 4. The summed E-state index contributed by atoms with van der Waals surface area (Å²) >= 11 is 1.31. The Bertz CT molecular complexity index is 967. The first-order valence-electron chi connectivity index (χ1n) is 8.35. The average Bonchev–Trinajstić information content (AvgIpc) is 3.02. The van der Waals surface area contributed by atoms with Gasteiger partial charge in [0.05, 0.1) is 28.0 Å². The molecule has 1 aliphatic carbocycles. The lowest BCUT2D eigenvalue weighted by atomic mass is 9.88. The Morgan fingerprint density at radius 1 is 1.31 bits per heavy atom. The zero-order chi connectivity index (χ0) is 18.1. The highest BCUT2D eigenvalue weighted by Gasteiger charge is 2.24. The van der Waals surface area contributed by atoms with E-state index in [1.54, 1.807) is 0 Å². The summed E-state index contributed by atoms with van der Waals surface area (Å²) in [6, 6.07) is 7.71. The number of carbonyl (C=O) groups excluding carboxylic acids is 2. The number of benzene rings is 1. The molecule has 1 amide bonds. The molecule has 1 atom stereocenters. The Kier molecular flexibility index (Phi) is 4.42. The molecule has 0 saturated heterocycles. The molecule has 0 radical (unpaired) electrons. The van der Waals surface area contributed by atoms with Gasteiger partial charge in [0.2, 0.25) is 11.9 Å². The Morgan fingerprint density at radius 2 is 2.15 bits per heavy atom. The second-order valence-electron chi connectivity index (χ2n) is 6.39. The minimum atomic E-state index is -0.217. The Labute approximate surface area is 154 Å². The third-order valence-electron chi connectivity index (χ3n) is 4.20. The second kappa shape index (κ2) is 6.87. The molecule has 4 rings (SSSR count). The van der Waals surface area contributed by atoms with E-state index in [0.717, 1.165) is 17.5 Å². The van der Waals surface area contributed by atoms with Crippen LogP contribution in [0.25, 0.3) is 11.0 Å². The number of amides is 1. The van der Waals surface area contributed by atoms with E-state index >= 15 is 0 Å². The lowest BCUT2D eigenvalue weighted by Gasteiger charge is -2.19. The van der Waals surface area contributed by atoms with Gasteiger partial charge >= 0.3 is 0 Å². The monoisotopic (exact) mass is 367 g/mol. The summed E-state index contributed by atoms with van der Waals surface area (Å²) in [5, 5.41) is 3.38. The number of imidazole rings is 1. The van der Waals surface area contributed by atoms with Crippen molar-refractivity contribution in [1.29, 1.82) is 0 Å². The number of nitrogens with zero attached hydrogens (tertiary/aromatic N) is 3. The molecule has 0 bridgehead atoms. The number of nitrogens with one attached hydrogen (secondary N) is 2. The van der Waals surface area contributed by atoms with Gasteiger partial charge in [-0.1, -0.05) is 30.8 Å². The normalized spacial score (nSPS) is 16.5. The van der Waals surface area contributed by atoms with Crippen LogP contribution in [0.3, 0.4) is 0 Å². The van der Waals surface area contributed by atoms with E-state index < -0.39 is 0 Å². The van der Waals surface area contributed by atoms with Crippen LogP contribution >= 0.6 is 11.8 Å². The number of H-pyrrole nitrogens is 1. The molecule has 0 spiro atoms. The number of para-hydroxylation sites is 2. The van der Waals surface area contributed by atoms with Gasteiger partial charge in [-0.15, -0.1) is 0 Å². The van der Waals surface area contributed by atoms with Crippen molar-refractivity contribution >= 4 is 40.4 Å². The zero-order valence-electron chi connectivity index (χ0n) is 14.2. The highest BCUT2D eigenvalue weighted by atomic mass is 32.2. The van der Waals surface area contributed by atoms with Crippen LogP contribution in [0, 0.1) is 5.92 Å². The number of ketones is 1. The standard InChI is InChI=1S/C18H17N5O2S/c1-10-6-14-11(15(24)7-10)8-19-17(20-14)23-16(25)9-26-18-21-12-4-2-3-5-13(12)22-18/h2-5,8,10H,6-7,9H2,1H3,(H,21,22)(H,19,20,23,25)/t10-/m0/s1. The van der Waals surface area contributed by atoms with E-state index in [1.807, 2.05) is 31.2 Å². The number of aromatic amines is 1. The van der Waals surface area contributed by atoms with E-state index in [4.69, 9.17) is 0 Å². The number of fused-ring (bicyclic) bond motifs is 2. The van der Waals surface area contributed by atoms with E-state index in [-0.39, 0.29) is 29.3 Å². The highest BCUT2D eigenvalue weighted by molar-refractivity contribution is 7.99. The summed E-state index contributed by atoms with van der Waals surface area (Å²) in [6.45, 7) is 2.02. The van der Waals surface area contributed by atoms with Gasteiger partial charge < -0.3 is 4.98 Å². The smallest absolute Gasteiger partial charge is 0.237 e. The molecule has 1 aliphatic rings. The molecule has 0 fully saturated rings. The van der Waals surface area contributed by atoms with Crippen LogP contribution in [0.1, 0.15) is 29.4 Å². The van der Waals surface area contributed by atoms with E-state index in [2.05, 4.69) is 25.3 Å². The molecular weight excluding hydrogens is 350 g/mol. The molecule has 26 heavy (non-hydrogen) atoms. The molecule has 132 valence electrons. The molecule has 1 aromatic carbocycles. The lowest BCUT2D eigenvalue weighted by molar-refractivity contribution is -0.113. The molecule has 2 N–H and O–H groups in total. The van der Waals surface area contributed by atoms with Gasteiger partial charge in [0.15, 0.2) is 10.9 Å². The average molecular weight is 367 g/mol. The van der Waals surface area contributed by atoms with Crippen molar-refractivity contribution in [3.05, 3.63) is 41.7 Å². The topological polar surface area (TPSA) is 101 Å². The first-order valence-corrected chi connectivity index (χ1v) is 9.33. The van der Waals surface area contributed by atoms with E-state index in [9.17, 15) is 9.59 Å². The number of rotatable bonds is 4. The van der Waals surface area contributed by atoms with Crippen LogP contribution in [-0.2, 0) is 11.2 Å². The first-order chi connectivity index (χ1) is 12.6. The number of thioether (sulfide) groups is 1. The molecule has 2 heterocycles.